The zero-order valence-corrected chi connectivity index (χ0v) is 13.0. The molecule has 0 aliphatic carbocycles. The van der Waals surface area contributed by atoms with Crippen LogP contribution in [0, 0.1) is 0 Å². The number of hydrogen-bond acceptors (Lipinski definition) is 4. The van der Waals surface area contributed by atoms with Gasteiger partial charge in [-0.2, -0.15) is 0 Å². The molecule has 0 unspecified atom stereocenters. The summed E-state index contributed by atoms with van der Waals surface area (Å²) in [6.07, 6.45) is 1.76. The van der Waals surface area contributed by atoms with Gasteiger partial charge in [0, 0.05) is 33.5 Å². The lowest BCUT2D eigenvalue weighted by molar-refractivity contribution is 0.417. The van der Waals surface area contributed by atoms with Crippen LogP contribution in [-0.2, 0) is 0 Å². The predicted molar refractivity (Wildman–Crippen MR) is 90.1 cm³/mol. The van der Waals surface area contributed by atoms with E-state index in [9.17, 15) is 0 Å². The minimum Gasteiger partial charge on any atom is -0.495 e. The fraction of sp³-hybridized carbons (Fsp3) is 0.0625. The Balaban J connectivity index is 2.08. The van der Waals surface area contributed by atoms with Crippen molar-refractivity contribution < 1.29 is 4.74 Å². The van der Waals surface area contributed by atoms with E-state index in [1.165, 1.54) is 0 Å². The van der Waals surface area contributed by atoms with Crippen molar-refractivity contribution in [2.45, 2.75) is 0 Å². The van der Waals surface area contributed by atoms with E-state index >= 15 is 0 Å². The fourth-order valence-corrected chi connectivity index (χ4v) is 2.60. The molecule has 0 saturated heterocycles. The van der Waals surface area contributed by atoms with Gasteiger partial charge in [0.25, 0.3) is 0 Å². The number of methoxy groups -OCH3 is 1. The summed E-state index contributed by atoms with van der Waals surface area (Å²) in [6, 6.07) is 13.6. The van der Waals surface area contributed by atoms with E-state index in [-0.39, 0.29) is 0 Å². The molecule has 0 radical (unpaired) electrons. The highest BCUT2D eigenvalue weighted by Gasteiger charge is 2.07. The first kappa shape index (κ1) is 13.7. The molecule has 5 heteroatoms. The SMILES string of the molecule is COc1cc2nccc(Nc3cccc(Br)c3)c2cc1N. The molecule has 3 N–H and O–H groups in total. The highest BCUT2D eigenvalue weighted by atomic mass is 79.9. The molecule has 1 heterocycles. The topological polar surface area (TPSA) is 60.2 Å². The third kappa shape index (κ3) is 2.78. The first-order valence-corrected chi connectivity index (χ1v) is 7.21. The molecule has 0 spiro atoms. The lowest BCUT2D eigenvalue weighted by Crippen LogP contribution is -1.96. The van der Waals surface area contributed by atoms with E-state index in [2.05, 4.69) is 26.2 Å². The van der Waals surface area contributed by atoms with E-state index in [4.69, 9.17) is 10.5 Å². The van der Waals surface area contributed by atoms with Crippen LogP contribution in [0.3, 0.4) is 0 Å². The molecule has 0 amide bonds. The van der Waals surface area contributed by atoms with Gasteiger partial charge < -0.3 is 15.8 Å². The first-order chi connectivity index (χ1) is 10.2. The average molecular weight is 344 g/mol. The summed E-state index contributed by atoms with van der Waals surface area (Å²) >= 11 is 3.47. The molecular formula is C16H14BrN3O. The predicted octanol–water partition coefficient (Wildman–Crippen LogP) is 4.33. The summed E-state index contributed by atoms with van der Waals surface area (Å²) < 4.78 is 6.26. The maximum Gasteiger partial charge on any atom is 0.143 e. The highest BCUT2D eigenvalue weighted by molar-refractivity contribution is 9.10. The van der Waals surface area contributed by atoms with Crippen LogP contribution in [0.1, 0.15) is 0 Å². The third-order valence-electron chi connectivity index (χ3n) is 3.20. The van der Waals surface area contributed by atoms with Crippen LogP contribution in [0.2, 0.25) is 0 Å². The van der Waals surface area contributed by atoms with Crippen molar-refractivity contribution in [3.05, 3.63) is 53.1 Å². The van der Waals surface area contributed by atoms with Crippen LogP contribution < -0.4 is 15.8 Å². The van der Waals surface area contributed by atoms with E-state index in [1.54, 1.807) is 13.3 Å². The number of rotatable bonds is 3. The number of benzene rings is 2. The van der Waals surface area contributed by atoms with Crippen LogP contribution in [0.4, 0.5) is 17.1 Å². The number of hydrogen-bond donors (Lipinski definition) is 2. The standard InChI is InChI=1S/C16H14BrN3O/c1-21-16-9-15-12(8-13(16)18)14(5-6-19-15)20-11-4-2-3-10(17)7-11/h2-9H,18H2,1H3,(H,19,20). The molecule has 2 aromatic carbocycles. The molecule has 0 aliphatic rings. The highest BCUT2D eigenvalue weighted by Crippen LogP contribution is 2.32. The minimum atomic E-state index is 0.593. The number of nitrogens with one attached hydrogen (secondary N) is 1. The van der Waals surface area contributed by atoms with Crippen LogP contribution in [0.25, 0.3) is 10.9 Å². The quantitative estimate of drug-likeness (QED) is 0.694. The minimum absolute atomic E-state index is 0.593. The molecule has 3 rings (SSSR count). The van der Waals surface area contributed by atoms with E-state index in [0.29, 0.717) is 11.4 Å². The Morgan fingerprint density at radius 3 is 2.81 bits per heavy atom. The molecule has 21 heavy (non-hydrogen) atoms. The van der Waals surface area contributed by atoms with Gasteiger partial charge in [-0.3, -0.25) is 4.98 Å². The van der Waals surface area contributed by atoms with Crippen molar-refractivity contribution in [2.75, 3.05) is 18.2 Å². The summed E-state index contributed by atoms with van der Waals surface area (Å²) in [6.45, 7) is 0. The summed E-state index contributed by atoms with van der Waals surface area (Å²) in [7, 11) is 1.60. The third-order valence-corrected chi connectivity index (χ3v) is 3.69. The Hall–Kier alpha value is -2.27. The molecule has 0 bridgehead atoms. The van der Waals surface area contributed by atoms with Crippen molar-refractivity contribution in [1.29, 1.82) is 0 Å². The van der Waals surface area contributed by atoms with Gasteiger partial charge in [-0.1, -0.05) is 22.0 Å². The molecule has 4 nitrogen and oxygen atoms in total. The van der Waals surface area contributed by atoms with Crippen molar-refractivity contribution >= 4 is 43.9 Å². The lowest BCUT2D eigenvalue weighted by atomic mass is 10.1. The number of fused-ring (bicyclic) bond motifs is 1. The summed E-state index contributed by atoms with van der Waals surface area (Å²) in [5.41, 5.74) is 9.37. The van der Waals surface area contributed by atoms with Gasteiger partial charge in [0.1, 0.15) is 5.75 Å². The van der Waals surface area contributed by atoms with Crippen LogP contribution >= 0.6 is 15.9 Å². The van der Waals surface area contributed by atoms with Crippen molar-refractivity contribution in [3.63, 3.8) is 0 Å². The van der Waals surface area contributed by atoms with Crippen molar-refractivity contribution in [1.82, 2.24) is 4.98 Å². The number of pyridine rings is 1. The Morgan fingerprint density at radius 1 is 1.19 bits per heavy atom. The second-order valence-electron chi connectivity index (χ2n) is 4.61. The van der Waals surface area contributed by atoms with Gasteiger partial charge in [0.05, 0.1) is 18.3 Å². The molecule has 0 aliphatic heterocycles. The summed E-state index contributed by atoms with van der Waals surface area (Å²) in [5.74, 6) is 0.634. The maximum atomic E-state index is 6.00. The monoisotopic (exact) mass is 343 g/mol. The van der Waals surface area contributed by atoms with Crippen molar-refractivity contribution in [2.24, 2.45) is 0 Å². The molecular weight excluding hydrogens is 330 g/mol. The van der Waals surface area contributed by atoms with Gasteiger partial charge in [-0.05, 0) is 30.3 Å². The average Bonchev–Trinajstić information content (AvgIpc) is 2.47. The Bertz CT molecular complexity index is 805. The Kier molecular flexibility index (Phi) is 3.66. The number of ether oxygens (including phenoxy) is 1. The summed E-state index contributed by atoms with van der Waals surface area (Å²) in [4.78, 5) is 4.37. The maximum absolute atomic E-state index is 6.00. The Labute approximate surface area is 131 Å². The number of aromatic nitrogens is 1. The van der Waals surface area contributed by atoms with Crippen LogP contribution in [0.15, 0.2) is 53.1 Å². The van der Waals surface area contributed by atoms with Gasteiger partial charge in [0.15, 0.2) is 0 Å². The smallest absolute Gasteiger partial charge is 0.143 e. The number of nitrogens with zero attached hydrogens (tertiary/aromatic N) is 1. The van der Waals surface area contributed by atoms with Gasteiger partial charge in [-0.15, -0.1) is 0 Å². The van der Waals surface area contributed by atoms with Gasteiger partial charge in [0.2, 0.25) is 0 Å². The molecule has 0 fully saturated rings. The molecule has 1 aromatic heterocycles. The first-order valence-electron chi connectivity index (χ1n) is 6.42. The number of anilines is 3. The van der Waals surface area contributed by atoms with Gasteiger partial charge >= 0.3 is 0 Å². The van der Waals surface area contributed by atoms with E-state index in [0.717, 1.165) is 26.8 Å². The number of halogens is 1. The fourth-order valence-electron chi connectivity index (χ4n) is 2.20. The van der Waals surface area contributed by atoms with Crippen LogP contribution in [0.5, 0.6) is 5.75 Å². The van der Waals surface area contributed by atoms with E-state index in [1.807, 2.05) is 42.5 Å². The van der Waals surface area contributed by atoms with Crippen molar-refractivity contribution in [3.8, 4) is 5.75 Å². The van der Waals surface area contributed by atoms with E-state index < -0.39 is 0 Å². The molecule has 106 valence electrons. The van der Waals surface area contributed by atoms with Gasteiger partial charge in [-0.25, -0.2) is 0 Å². The molecule has 0 saturated carbocycles. The zero-order valence-electron chi connectivity index (χ0n) is 11.4. The Morgan fingerprint density at radius 2 is 2.05 bits per heavy atom. The van der Waals surface area contributed by atoms with Crippen LogP contribution in [-0.4, -0.2) is 12.1 Å². The normalized spacial score (nSPS) is 10.6. The molecule has 3 aromatic rings. The lowest BCUT2D eigenvalue weighted by Gasteiger charge is -2.12. The summed E-state index contributed by atoms with van der Waals surface area (Å²) in [5, 5.41) is 4.34. The largest absolute Gasteiger partial charge is 0.495 e. The number of nitrogens with two attached hydrogens (primary N) is 1. The number of nitrogen functional groups attached to an aromatic ring is 1. The second-order valence-corrected chi connectivity index (χ2v) is 5.52. The molecule has 0 atom stereocenters. The zero-order chi connectivity index (χ0) is 14.8. The second kappa shape index (κ2) is 5.61.